The van der Waals surface area contributed by atoms with Gasteiger partial charge in [-0.3, -0.25) is 9.69 Å². The third-order valence-corrected chi connectivity index (χ3v) is 8.72. The average molecular weight is 368 g/mol. The molecule has 3 heteroatoms. The summed E-state index contributed by atoms with van der Waals surface area (Å²) in [5, 5.41) is 10.2. The van der Waals surface area contributed by atoms with Crippen LogP contribution in [0.3, 0.4) is 0 Å². The Morgan fingerprint density at radius 2 is 2.11 bits per heavy atom. The topological polar surface area (TPSA) is 40.5 Å². The molecule has 1 saturated heterocycles. The number of carbonyl (C=O) groups excluding carboxylic acids is 1. The number of ketones is 1. The monoisotopic (exact) mass is 367 g/mol. The minimum Gasteiger partial charge on any atom is -0.508 e. The zero-order valence-electron chi connectivity index (χ0n) is 16.8. The van der Waals surface area contributed by atoms with E-state index in [1.807, 2.05) is 12.1 Å². The number of carbonyl (C=O) groups is 1. The van der Waals surface area contributed by atoms with Gasteiger partial charge in [-0.05, 0) is 73.2 Å². The van der Waals surface area contributed by atoms with Crippen LogP contribution in [0.2, 0.25) is 0 Å². The van der Waals surface area contributed by atoms with Crippen molar-refractivity contribution in [2.45, 2.75) is 70.3 Å². The van der Waals surface area contributed by atoms with E-state index in [0.717, 1.165) is 31.7 Å². The van der Waals surface area contributed by atoms with Crippen LogP contribution in [0.5, 0.6) is 5.75 Å². The maximum absolute atomic E-state index is 13.0. The lowest BCUT2D eigenvalue weighted by molar-refractivity contribution is -0.140. The Kier molecular flexibility index (Phi) is 4.16. The van der Waals surface area contributed by atoms with Gasteiger partial charge in [-0.2, -0.15) is 0 Å². The molecule has 3 fully saturated rings. The highest BCUT2D eigenvalue weighted by Gasteiger charge is 2.60. The molecule has 27 heavy (non-hydrogen) atoms. The van der Waals surface area contributed by atoms with Crippen LogP contribution in [0.1, 0.15) is 63.5 Å². The van der Waals surface area contributed by atoms with Crippen molar-refractivity contribution in [2.75, 3.05) is 13.1 Å². The fourth-order valence-corrected chi connectivity index (χ4v) is 7.13. The lowest BCUT2D eigenvalue weighted by Crippen LogP contribution is -2.66. The largest absolute Gasteiger partial charge is 0.508 e. The normalized spacial score (nSPS) is 38.8. The molecule has 0 amide bonds. The number of rotatable bonds is 3. The van der Waals surface area contributed by atoms with E-state index in [4.69, 9.17) is 0 Å². The summed E-state index contributed by atoms with van der Waals surface area (Å²) in [6.45, 7) is 6.82. The number of phenolic OH excluding ortho intramolecular Hbond substituents is 1. The van der Waals surface area contributed by atoms with E-state index >= 15 is 0 Å². The third-order valence-electron chi connectivity index (χ3n) is 8.72. The highest BCUT2D eigenvalue weighted by Crippen LogP contribution is 2.59. The number of piperidine rings is 1. The number of hydrogen-bond donors (Lipinski definition) is 1. The van der Waals surface area contributed by atoms with Crippen LogP contribution in [0.25, 0.3) is 0 Å². The summed E-state index contributed by atoms with van der Waals surface area (Å²) in [5.41, 5.74) is 2.63. The molecule has 146 valence electrons. The Balaban J connectivity index is 1.61. The average Bonchev–Trinajstić information content (AvgIpc) is 2.61. The second-order valence-corrected chi connectivity index (χ2v) is 9.84. The van der Waals surface area contributed by atoms with E-state index in [-0.39, 0.29) is 11.3 Å². The molecule has 1 aromatic carbocycles. The number of benzene rings is 1. The van der Waals surface area contributed by atoms with E-state index in [0.29, 0.717) is 35.8 Å². The van der Waals surface area contributed by atoms with Crippen molar-refractivity contribution in [3.05, 3.63) is 29.3 Å². The Morgan fingerprint density at radius 1 is 1.30 bits per heavy atom. The lowest BCUT2D eigenvalue weighted by Gasteiger charge is -2.62. The number of likely N-dealkylation sites (tertiary alicyclic amines) is 1. The Hall–Kier alpha value is -1.35. The molecule has 1 aromatic rings. The molecule has 1 N–H and O–H groups in total. The van der Waals surface area contributed by atoms with Crippen molar-refractivity contribution in [3.63, 3.8) is 0 Å². The number of hydrogen-bond acceptors (Lipinski definition) is 3. The van der Waals surface area contributed by atoms with Gasteiger partial charge in [0.25, 0.3) is 0 Å². The maximum Gasteiger partial charge on any atom is 0.136 e. The first kappa shape index (κ1) is 17.7. The minimum absolute atomic E-state index is 0.0443. The van der Waals surface area contributed by atoms with E-state index in [9.17, 15) is 9.90 Å². The highest BCUT2D eigenvalue weighted by molar-refractivity contribution is 5.84. The van der Waals surface area contributed by atoms with Crippen molar-refractivity contribution in [3.8, 4) is 5.75 Å². The van der Waals surface area contributed by atoms with Gasteiger partial charge in [-0.1, -0.05) is 32.8 Å². The molecule has 5 atom stereocenters. The first-order chi connectivity index (χ1) is 13.0. The van der Waals surface area contributed by atoms with Gasteiger partial charge < -0.3 is 5.11 Å². The Morgan fingerprint density at radius 3 is 2.81 bits per heavy atom. The van der Waals surface area contributed by atoms with Gasteiger partial charge in [-0.15, -0.1) is 0 Å². The van der Waals surface area contributed by atoms with Crippen LogP contribution < -0.4 is 0 Å². The van der Waals surface area contributed by atoms with Crippen LogP contribution in [0, 0.1) is 23.7 Å². The van der Waals surface area contributed by atoms with Crippen LogP contribution in [-0.4, -0.2) is 34.9 Å². The van der Waals surface area contributed by atoms with Gasteiger partial charge in [0.05, 0.1) is 0 Å². The van der Waals surface area contributed by atoms with Crippen molar-refractivity contribution in [1.82, 2.24) is 4.90 Å². The van der Waals surface area contributed by atoms with E-state index < -0.39 is 0 Å². The van der Waals surface area contributed by atoms with Gasteiger partial charge in [0.1, 0.15) is 11.5 Å². The number of phenols is 1. The van der Waals surface area contributed by atoms with Crippen molar-refractivity contribution in [1.29, 1.82) is 0 Å². The number of Topliss-reactive ketones (excluding diaryl/α,β-unsaturated/α-hetero) is 1. The van der Waals surface area contributed by atoms with Gasteiger partial charge in [0.2, 0.25) is 0 Å². The molecular weight excluding hydrogens is 334 g/mol. The molecule has 1 aliphatic heterocycles. The second-order valence-electron chi connectivity index (χ2n) is 9.84. The quantitative estimate of drug-likeness (QED) is 0.865. The molecular formula is C24H33NO2. The summed E-state index contributed by atoms with van der Waals surface area (Å²) < 4.78 is 0. The predicted octanol–water partition coefficient (Wildman–Crippen LogP) is 4.31. The number of aromatic hydroxyl groups is 1. The Labute approximate surface area is 163 Å². The smallest absolute Gasteiger partial charge is 0.136 e. The second kappa shape index (κ2) is 6.34. The first-order valence-electron chi connectivity index (χ1n) is 11.1. The number of fused-ring (bicyclic) bond motifs is 1. The van der Waals surface area contributed by atoms with E-state index in [2.05, 4.69) is 24.8 Å². The summed E-state index contributed by atoms with van der Waals surface area (Å²) in [4.78, 5) is 15.8. The molecule has 2 unspecified atom stereocenters. The predicted molar refractivity (Wildman–Crippen MR) is 107 cm³/mol. The molecule has 2 saturated carbocycles. The molecule has 4 aliphatic rings. The van der Waals surface area contributed by atoms with Gasteiger partial charge in [-0.25, -0.2) is 0 Å². The first-order valence-corrected chi connectivity index (χ1v) is 11.1. The summed E-state index contributed by atoms with van der Waals surface area (Å²) in [6.07, 6.45) is 8.13. The van der Waals surface area contributed by atoms with E-state index in [1.165, 1.54) is 36.9 Å². The third kappa shape index (κ3) is 2.53. The fraction of sp³-hybridized carbons (Fsp3) is 0.708. The van der Waals surface area contributed by atoms with Crippen LogP contribution in [0.4, 0.5) is 0 Å². The lowest BCUT2D eigenvalue weighted by atomic mass is 9.47. The van der Waals surface area contributed by atoms with Crippen LogP contribution >= 0.6 is 0 Å². The summed E-state index contributed by atoms with van der Waals surface area (Å²) in [5.74, 6) is 2.89. The molecule has 0 spiro atoms. The summed E-state index contributed by atoms with van der Waals surface area (Å²) in [6, 6.07) is 6.53. The zero-order valence-corrected chi connectivity index (χ0v) is 16.8. The van der Waals surface area contributed by atoms with Gasteiger partial charge in [0.15, 0.2) is 0 Å². The molecule has 2 bridgehead atoms. The van der Waals surface area contributed by atoms with Crippen molar-refractivity contribution in [2.24, 2.45) is 23.7 Å². The SMILES string of the molecule is CCC1C(C)C(=O)C[C@]23CCN(CC4CCC4)[C@H](Cc4ccc(O)cc42)[C@H]13. The molecule has 3 nitrogen and oxygen atoms in total. The standard InChI is InChI=1S/C24H33NO2/c1-3-19-15(2)22(27)13-24-9-10-25(14-16-5-4-6-16)21(23(19)24)11-17-7-8-18(26)12-20(17)24/h7-8,12,15-16,19,21,23,26H,3-6,9-11,13-14H2,1-2H3/t15?,19?,21-,23+,24-/m1/s1. The molecule has 0 radical (unpaired) electrons. The van der Waals surface area contributed by atoms with Gasteiger partial charge in [0, 0.05) is 30.3 Å². The zero-order chi connectivity index (χ0) is 18.8. The molecule has 5 rings (SSSR count). The Bertz CT molecular complexity index is 755. The van der Waals surface area contributed by atoms with Crippen LogP contribution in [0.15, 0.2) is 18.2 Å². The van der Waals surface area contributed by atoms with Gasteiger partial charge >= 0.3 is 0 Å². The highest BCUT2D eigenvalue weighted by atomic mass is 16.3. The van der Waals surface area contributed by atoms with Crippen molar-refractivity contribution < 1.29 is 9.90 Å². The number of nitrogens with zero attached hydrogens (tertiary/aromatic N) is 1. The van der Waals surface area contributed by atoms with E-state index in [1.54, 1.807) is 0 Å². The minimum atomic E-state index is -0.0443. The van der Waals surface area contributed by atoms with Crippen molar-refractivity contribution >= 4 is 5.78 Å². The summed E-state index contributed by atoms with van der Waals surface area (Å²) >= 11 is 0. The fourth-order valence-electron chi connectivity index (χ4n) is 7.13. The maximum atomic E-state index is 13.0. The van der Waals surface area contributed by atoms with Crippen LogP contribution in [-0.2, 0) is 16.6 Å². The molecule has 0 aromatic heterocycles. The molecule has 3 aliphatic carbocycles. The molecule has 1 heterocycles. The summed E-state index contributed by atoms with van der Waals surface area (Å²) in [7, 11) is 0.